The molecule has 0 unspecified atom stereocenters. The van der Waals surface area contributed by atoms with Crippen molar-refractivity contribution in [2.24, 2.45) is 5.41 Å². The summed E-state index contributed by atoms with van der Waals surface area (Å²) < 4.78 is 41.3. The highest BCUT2D eigenvalue weighted by molar-refractivity contribution is 7.98. The Morgan fingerprint density at radius 2 is 1.70 bits per heavy atom. The van der Waals surface area contributed by atoms with Crippen LogP contribution in [-0.2, 0) is 5.60 Å². The van der Waals surface area contributed by atoms with Gasteiger partial charge in [0.05, 0.1) is 0 Å². The number of aliphatic hydroxyl groups is 1. The zero-order valence-corrected chi connectivity index (χ0v) is 16.2. The second kappa shape index (κ2) is 7.04. The Labute approximate surface area is 161 Å². The van der Waals surface area contributed by atoms with E-state index in [1.807, 2.05) is 44.5 Å². The summed E-state index contributed by atoms with van der Waals surface area (Å²) in [5, 5.41) is 11.9. The Bertz CT molecular complexity index is 804. The zero-order valence-electron chi connectivity index (χ0n) is 15.4. The second-order valence-corrected chi connectivity index (χ2v) is 8.13. The van der Waals surface area contributed by atoms with E-state index in [1.54, 1.807) is 11.8 Å². The van der Waals surface area contributed by atoms with Crippen LogP contribution in [0, 0.1) is 5.41 Å². The van der Waals surface area contributed by atoms with Crippen LogP contribution in [0.2, 0.25) is 0 Å². The van der Waals surface area contributed by atoms with E-state index in [9.17, 15) is 18.3 Å². The Hall–Kier alpha value is -1.70. The maximum absolute atomic E-state index is 12.4. The van der Waals surface area contributed by atoms with Crippen molar-refractivity contribution in [2.45, 2.75) is 23.8 Å². The molecule has 0 aromatic heterocycles. The predicted octanol–water partition coefficient (Wildman–Crippen LogP) is 4.49. The van der Waals surface area contributed by atoms with E-state index in [0.717, 1.165) is 10.5 Å². The van der Waals surface area contributed by atoms with Gasteiger partial charge in [-0.25, -0.2) is 0 Å². The van der Waals surface area contributed by atoms with Gasteiger partial charge in [-0.05, 0) is 48.7 Å². The molecule has 0 aliphatic carbocycles. The molecule has 3 nitrogen and oxygen atoms in total. The number of hydrogen-bond acceptors (Lipinski definition) is 4. The summed E-state index contributed by atoms with van der Waals surface area (Å²) in [6, 6.07) is 13.2. The van der Waals surface area contributed by atoms with Gasteiger partial charge in [0.15, 0.2) is 0 Å². The highest BCUT2D eigenvalue weighted by Crippen LogP contribution is 2.50. The molecule has 1 saturated heterocycles. The number of benzene rings is 2. The molecule has 1 N–H and O–H groups in total. The smallest absolute Gasteiger partial charge is 0.406 e. The van der Waals surface area contributed by atoms with Crippen molar-refractivity contribution in [3.05, 3.63) is 59.7 Å². The van der Waals surface area contributed by atoms with Crippen molar-refractivity contribution < 1.29 is 23.0 Å². The molecule has 0 amide bonds. The lowest BCUT2D eigenvalue weighted by molar-refractivity contribution is -0.274. The van der Waals surface area contributed by atoms with Gasteiger partial charge in [0.25, 0.3) is 0 Å². The van der Waals surface area contributed by atoms with Crippen LogP contribution in [0.3, 0.4) is 0 Å². The third-order valence-electron chi connectivity index (χ3n) is 5.10. The van der Waals surface area contributed by atoms with Crippen LogP contribution < -0.4 is 4.74 Å². The fourth-order valence-corrected chi connectivity index (χ4v) is 4.44. The monoisotopic (exact) mass is 397 g/mol. The molecule has 146 valence electrons. The van der Waals surface area contributed by atoms with E-state index in [-0.39, 0.29) is 5.75 Å². The van der Waals surface area contributed by atoms with Crippen molar-refractivity contribution in [1.82, 2.24) is 4.90 Å². The molecule has 1 heterocycles. The van der Waals surface area contributed by atoms with Crippen LogP contribution >= 0.6 is 11.8 Å². The van der Waals surface area contributed by atoms with Crippen molar-refractivity contribution >= 4 is 11.8 Å². The molecule has 3 rings (SSSR count). The molecule has 7 heteroatoms. The van der Waals surface area contributed by atoms with Gasteiger partial charge in [0.2, 0.25) is 0 Å². The lowest BCUT2D eigenvalue weighted by Gasteiger charge is -2.56. The molecule has 2 aromatic rings. The topological polar surface area (TPSA) is 32.7 Å². The minimum Gasteiger partial charge on any atom is -0.406 e. The van der Waals surface area contributed by atoms with Gasteiger partial charge >= 0.3 is 6.36 Å². The highest BCUT2D eigenvalue weighted by Gasteiger charge is 2.55. The minimum atomic E-state index is -4.74. The summed E-state index contributed by atoms with van der Waals surface area (Å²) in [4.78, 5) is 3.11. The molecule has 1 atom stereocenters. The molecule has 1 aliphatic rings. The Kier molecular flexibility index (Phi) is 5.22. The predicted molar refractivity (Wildman–Crippen MR) is 100.0 cm³/mol. The number of likely N-dealkylation sites (tertiary alicyclic amines) is 1. The molecule has 0 spiro atoms. The number of ether oxygens (including phenoxy) is 1. The van der Waals surface area contributed by atoms with E-state index >= 15 is 0 Å². The molecule has 1 aliphatic heterocycles. The van der Waals surface area contributed by atoms with Crippen LogP contribution in [0.5, 0.6) is 5.75 Å². The van der Waals surface area contributed by atoms with Gasteiger partial charge in [0.1, 0.15) is 11.4 Å². The van der Waals surface area contributed by atoms with E-state index in [1.165, 1.54) is 24.3 Å². The van der Waals surface area contributed by atoms with Crippen LogP contribution in [0.4, 0.5) is 13.2 Å². The minimum absolute atomic E-state index is 0.303. The second-order valence-electron chi connectivity index (χ2n) is 7.25. The average molecular weight is 397 g/mol. The van der Waals surface area contributed by atoms with Gasteiger partial charge in [-0.1, -0.05) is 31.2 Å². The highest BCUT2D eigenvalue weighted by atomic mass is 32.2. The average Bonchev–Trinajstić information content (AvgIpc) is 2.59. The summed E-state index contributed by atoms with van der Waals surface area (Å²) >= 11 is 1.57. The summed E-state index contributed by atoms with van der Waals surface area (Å²) in [7, 11) is 1.97. The van der Waals surface area contributed by atoms with E-state index < -0.39 is 17.4 Å². The van der Waals surface area contributed by atoms with Crippen LogP contribution in [0.25, 0.3) is 0 Å². The molecule has 2 aromatic carbocycles. The molecular formula is C20H22F3NO2S. The van der Waals surface area contributed by atoms with Crippen LogP contribution in [0.1, 0.15) is 18.1 Å². The fraction of sp³-hybridized carbons (Fsp3) is 0.400. The maximum Gasteiger partial charge on any atom is 0.573 e. The zero-order chi connectivity index (χ0) is 19.9. The molecule has 0 bridgehead atoms. The van der Waals surface area contributed by atoms with Gasteiger partial charge in [0, 0.05) is 23.4 Å². The lowest BCUT2D eigenvalue weighted by Crippen LogP contribution is -2.63. The molecule has 0 saturated carbocycles. The van der Waals surface area contributed by atoms with E-state index in [0.29, 0.717) is 18.7 Å². The van der Waals surface area contributed by atoms with Gasteiger partial charge in [-0.15, -0.1) is 24.9 Å². The third kappa shape index (κ3) is 3.81. The van der Waals surface area contributed by atoms with Gasteiger partial charge in [-0.3, -0.25) is 0 Å². The molecular weight excluding hydrogens is 375 g/mol. The first-order valence-electron chi connectivity index (χ1n) is 8.49. The van der Waals surface area contributed by atoms with Crippen LogP contribution in [0.15, 0.2) is 53.4 Å². The van der Waals surface area contributed by atoms with E-state index in [2.05, 4.69) is 9.64 Å². The largest absolute Gasteiger partial charge is 0.573 e. The van der Waals surface area contributed by atoms with Crippen molar-refractivity contribution in [1.29, 1.82) is 0 Å². The fourth-order valence-electron chi connectivity index (χ4n) is 3.98. The van der Waals surface area contributed by atoms with E-state index in [4.69, 9.17) is 0 Å². The van der Waals surface area contributed by atoms with Crippen molar-refractivity contribution in [2.75, 3.05) is 26.4 Å². The van der Waals surface area contributed by atoms with Crippen molar-refractivity contribution in [3.8, 4) is 5.75 Å². The number of thioether (sulfide) groups is 1. The third-order valence-corrected chi connectivity index (χ3v) is 5.83. The maximum atomic E-state index is 12.4. The number of alkyl halides is 3. The number of hydrogen-bond donors (Lipinski definition) is 1. The summed E-state index contributed by atoms with van der Waals surface area (Å²) in [5.74, 6) is -0.303. The summed E-state index contributed by atoms with van der Waals surface area (Å²) in [6.07, 6.45) is -2.78. The molecule has 27 heavy (non-hydrogen) atoms. The first-order valence-corrected chi connectivity index (χ1v) is 9.72. The number of nitrogens with zero attached hydrogens (tertiary/aromatic N) is 1. The lowest BCUT2D eigenvalue weighted by atomic mass is 9.62. The van der Waals surface area contributed by atoms with Gasteiger partial charge < -0.3 is 14.7 Å². The number of rotatable bonds is 5. The SMILES string of the molecule is CSc1cccc([C@](O)(c2ccc(OC(F)(F)F)cc2)C2(C)CN(C)C2)c1. The quantitative estimate of drug-likeness (QED) is 0.754. The Morgan fingerprint density at radius 3 is 2.22 bits per heavy atom. The Morgan fingerprint density at radius 1 is 1.07 bits per heavy atom. The standard InChI is InChI=1S/C20H22F3NO2S/c1-18(12-24(2)13-18)19(25,15-5-4-6-17(11-15)27-3)14-7-9-16(10-8-14)26-20(21,22)23/h4-11,25H,12-13H2,1-3H3/t19-/m1/s1. The Balaban J connectivity index is 2.05. The molecule has 1 fully saturated rings. The van der Waals surface area contributed by atoms with Crippen molar-refractivity contribution in [3.63, 3.8) is 0 Å². The number of halogens is 3. The molecule has 0 radical (unpaired) electrons. The van der Waals surface area contributed by atoms with Gasteiger partial charge in [-0.2, -0.15) is 0 Å². The first kappa shape index (κ1) is 20.0. The first-order chi connectivity index (χ1) is 12.6. The van der Waals surface area contributed by atoms with Crippen LogP contribution in [-0.4, -0.2) is 42.8 Å². The normalized spacial score (nSPS) is 19.2. The summed E-state index contributed by atoms with van der Waals surface area (Å²) in [6.45, 7) is 3.35. The summed E-state index contributed by atoms with van der Waals surface area (Å²) in [5.41, 5.74) is -0.520.